The highest BCUT2D eigenvalue weighted by molar-refractivity contribution is 6.60. The van der Waals surface area contributed by atoms with Crippen molar-refractivity contribution in [2.45, 2.75) is 6.04 Å². The van der Waals surface area contributed by atoms with Gasteiger partial charge >= 0.3 is 0 Å². The van der Waals surface area contributed by atoms with E-state index in [0.717, 1.165) is 16.8 Å². The average Bonchev–Trinajstić information content (AvgIpc) is 2.25. The number of rotatable bonds is 2. The first kappa shape index (κ1) is 10.5. The lowest BCUT2D eigenvalue weighted by Gasteiger charge is -2.14. The summed E-state index contributed by atoms with van der Waals surface area (Å²) in [5.74, 6) is 4.84. The molecule has 2 radical (unpaired) electrons. The average molecular weight is 194 g/mol. The van der Waals surface area contributed by atoms with Crippen LogP contribution in [0.3, 0.4) is 0 Å². The highest BCUT2D eigenvalue weighted by Gasteiger charge is 2.13. The van der Waals surface area contributed by atoms with E-state index in [2.05, 4.69) is 18.4 Å². The van der Waals surface area contributed by atoms with Gasteiger partial charge in [0.2, 0.25) is 0 Å². The van der Waals surface area contributed by atoms with E-state index < -0.39 is 0 Å². The SMILES string of the molecule is [C]#CC1=CC=CC(C#[C])C1=[SiH]CC=C. The first-order valence-corrected chi connectivity index (χ1v) is 5.77. The molecule has 1 unspecified atom stereocenters. The molecule has 14 heavy (non-hydrogen) atoms. The zero-order valence-electron chi connectivity index (χ0n) is 7.88. The first-order chi connectivity index (χ1) is 6.83. The van der Waals surface area contributed by atoms with Crippen molar-refractivity contribution in [2.24, 2.45) is 5.92 Å². The third kappa shape index (κ3) is 2.22. The van der Waals surface area contributed by atoms with Gasteiger partial charge in [-0.2, -0.15) is 0 Å². The monoisotopic (exact) mass is 194 g/mol. The van der Waals surface area contributed by atoms with E-state index in [9.17, 15) is 0 Å². The Balaban J connectivity index is 3.04. The Morgan fingerprint density at radius 1 is 1.57 bits per heavy atom. The summed E-state index contributed by atoms with van der Waals surface area (Å²) in [6.45, 7) is 3.68. The molecule has 0 N–H and O–H groups in total. The maximum absolute atomic E-state index is 7.18. The Hall–Kier alpha value is -1.57. The molecule has 0 nitrogen and oxygen atoms in total. The Labute approximate surface area is 87.9 Å². The maximum atomic E-state index is 7.18. The molecule has 0 heterocycles. The van der Waals surface area contributed by atoms with E-state index in [-0.39, 0.29) is 15.0 Å². The van der Waals surface area contributed by atoms with Gasteiger partial charge in [-0.05, 0) is 30.1 Å². The molecule has 0 saturated carbocycles. The molecule has 0 aliphatic heterocycles. The van der Waals surface area contributed by atoms with Crippen LogP contribution in [-0.4, -0.2) is 14.3 Å². The molecular formula is C13H10Si. The Morgan fingerprint density at radius 2 is 2.36 bits per heavy atom. The summed E-state index contributed by atoms with van der Waals surface area (Å²) in [6.07, 6.45) is 21.9. The maximum Gasteiger partial charge on any atom is 0.0612 e. The Bertz CT molecular complexity index is 394. The molecule has 0 fully saturated rings. The lowest BCUT2D eigenvalue weighted by Crippen LogP contribution is -2.18. The highest BCUT2D eigenvalue weighted by Crippen LogP contribution is 2.13. The number of hydrogen-bond acceptors (Lipinski definition) is 0. The molecule has 0 aromatic rings. The fraction of sp³-hybridized carbons (Fsp3) is 0.154. The molecule has 0 aromatic carbocycles. The minimum atomic E-state index is -0.0530. The minimum absolute atomic E-state index is 0.0530. The fourth-order valence-electron chi connectivity index (χ4n) is 1.32. The van der Waals surface area contributed by atoms with E-state index in [1.165, 1.54) is 0 Å². The zero-order chi connectivity index (χ0) is 10.4. The quantitative estimate of drug-likeness (QED) is 0.355. The smallest absolute Gasteiger partial charge is 0.0612 e. The molecule has 1 atom stereocenters. The first-order valence-electron chi connectivity index (χ1n) is 4.38. The van der Waals surface area contributed by atoms with E-state index in [0.29, 0.717) is 0 Å². The second kappa shape index (κ2) is 5.22. The van der Waals surface area contributed by atoms with Crippen LogP contribution >= 0.6 is 0 Å². The second-order valence-corrected chi connectivity index (χ2v) is 4.40. The molecule has 1 heteroatoms. The van der Waals surface area contributed by atoms with Crippen LogP contribution < -0.4 is 0 Å². The predicted molar refractivity (Wildman–Crippen MR) is 62.1 cm³/mol. The van der Waals surface area contributed by atoms with Crippen molar-refractivity contribution in [1.82, 2.24) is 0 Å². The molecule has 1 aliphatic rings. The largest absolute Gasteiger partial charge is 0.103 e. The summed E-state index contributed by atoms with van der Waals surface area (Å²) in [7, 11) is 0.0662. The van der Waals surface area contributed by atoms with Crippen LogP contribution in [0.15, 0.2) is 36.5 Å². The van der Waals surface area contributed by atoms with Crippen molar-refractivity contribution in [3.05, 3.63) is 49.3 Å². The standard InChI is InChI=1S/C13H10Si/c1-4-10-14-13-11(5-2)8-7-9-12(13)6-3/h4,7-9,11,14H,1,10H2. The number of allylic oxidation sites excluding steroid dienone is 5. The molecular weight excluding hydrogens is 184 g/mol. The van der Waals surface area contributed by atoms with Crippen molar-refractivity contribution in [3.8, 4) is 11.8 Å². The molecule has 0 aromatic heterocycles. The molecule has 0 spiro atoms. The minimum Gasteiger partial charge on any atom is -0.103 e. The summed E-state index contributed by atoms with van der Waals surface area (Å²) in [6, 6.07) is 0.945. The van der Waals surface area contributed by atoms with Crippen molar-refractivity contribution in [1.29, 1.82) is 0 Å². The predicted octanol–water partition coefficient (Wildman–Crippen LogP) is 1.49. The lowest BCUT2D eigenvalue weighted by molar-refractivity contribution is 1.20. The van der Waals surface area contributed by atoms with E-state index in [4.69, 9.17) is 12.8 Å². The number of hydrogen-bond donors (Lipinski definition) is 0. The van der Waals surface area contributed by atoms with Crippen molar-refractivity contribution in [2.75, 3.05) is 0 Å². The third-order valence-corrected chi connectivity index (χ3v) is 3.69. The van der Waals surface area contributed by atoms with Crippen molar-refractivity contribution >= 4 is 14.3 Å². The van der Waals surface area contributed by atoms with Gasteiger partial charge < -0.3 is 0 Å². The van der Waals surface area contributed by atoms with E-state index in [1.807, 2.05) is 24.3 Å². The molecule has 0 amide bonds. The Kier molecular flexibility index (Phi) is 3.92. The van der Waals surface area contributed by atoms with Crippen LogP contribution in [0.2, 0.25) is 6.04 Å². The summed E-state index contributed by atoms with van der Waals surface area (Å²) in [5, 5.41) is 1.12. The van der Waals surface area contributed by atoms with Gasteiger partial charge in [-0.3, -0.25) is 0 Å². The fourth-order valence-corrected chi connectivity index (χ4v) is 2.57. The molecule has 1 aliphatic carbocycles. The summed E-state index contributed by atoms with van der Waals surface area (Å²) in [5.41, 5.74) is 0.814. The normalized spacial score (nSPS) is 22.3. The van der Waals surface area contributed by atoms with Gasteiger partial charge in [0.15, 0.2) is 0 Å². The van der Waals surface area contributed by atoms with Crippen molar-refractivity contribution in [3.63, 3.8) is 0 Å². The van der Waals surface area contributed by atoms with Crippen LogP contribution in [0.25, 0.3) is 0 Å². The van der Waals surface area contributed by atoms with Gasteiger partial charge in [0.25, 0.3) is 0 Å². The van der Waals surface area contributed by atoms with Gasteiger partial charge in [-0.1, -0.05) is 30.1 Å². The summed E-state index contributed by atoms with van der Waals surface area (Å²) < 4.78 is 0. The van der Waals surface area contributed by atoms with Gasteiger partial charge in [0.05, 0.1) is 5.92 Å². The highest BCUT2D eigenvalue weighted by atomic mass is 28.2. The molecule has 0 saturated heterocycles. The van der Waals surface area contributed by atoms with E-state index >= 15 is 0 Å². The van der Waals surface area contributed by atoms with Crippen LogP contribution in [0.4, 0.5) is 0 Å². The summed E-state index contributed by atoms with van der Waals surface area (Å²) in [4.78, 5) is 0. The van der Waals surface area contributed by atoms with Crippen molar-refractivity contribution < 1.29 is 0 Å². The topological polar surface area (TPSA) is 0 Å². The lowest BCUT2D eigenvalue weighted by atomic mass is 9.95. The molecule has 1 rings (SSSR count). The third-order valence-electron chi connectivity index (χ3n) is 2.01. The van der Waals surface area contributed by atoms with Crippen LogP contribution in [0.5, 0.6) is 0 Å². The van der Waals surface area contributed by atoms with Crippen LogP contribution in [0.1, 0.15) is 0 Å². The Morgan fingerprint density at radius 3 is 2.93 bits per heavy atom. The molecule has 0 bridgehead atoms. The van der Waals surface area contributed by atoms with Gasteiger partial charge in [-0.15, -0.1) is 6.58 Å². The van der Waals surface area contributed by atoms with Gasteiger partial charge in [-0.25, -0.2) is 0 Å². The molecule has 66 valence electrons. The van der Waals surface area contributed by atoms with Gasteiger partial charge in [0, 0.05) is 14.7 Å². The zero-order valence-corrected chi connectivity index (χ0v) is 9.03. The second-order valence-electron chi connectivity index (χ2n) is 2.90. The van der Waals surface area contributed by atoms with Crippen LogP contribution in [-0.2, 0) is 0 Å². The summed E-state index contributed by atoms with van der Waals surface area (Å²) >= 11 is 0. The van der Waals surface area contributed by atoms with Crippen LogP contribution in [0, 0.1) is 30.6 Å². The van der Waals surface area contributed by atoms with E-state index in [1.54, 1.807) is 0 Å². The van der Waals surface area contributed by atoms with Gasteiger partial charge in [0.1, 0.15) is 0 Å².